The number of phosphoric acid groups is 2. The number of esters is 4. The standard InChI is InChI=1S/C76H148O17P2/c1-66(2)52-44-36-28-20-16-12-10-9-11-13-18-22-32-40-48-56-73(78)86-62-71(92-75(80)58-50-42-34-23-19-15-14-17-21-29-37-45-53-67(3)4)64-90-94(82,83)88-60-70(77)61-89-95(84,85)91-65-72(93-76(81)59-51-43-35-27-25-31-39-47-55-69(7)8)63-87-74(79)57-49-41-33-26-24-30-38-46-54-68(5)6/h66-72,77H,9-65H2,1-8H3,(H,82,83)(H,84,85)/t70?,71-,72-/m1/s1. The van der Waals surface area contributed by atoms with Crippen molar-refractivity contribution in [1.82, 2.24) is 0 Å². The zero-order chi connectivity index (χ0) is 70.3. The summed E-state index contributed by atoms with van der Waals surface area (Å²) >= 11 is 0. The van der Waals surface area contributed by atoms with Crippen molar-refractivity contribution < 1.29 is 80.2 Å². The minimum Gasteiger partial charge on any atom is -0.462 e. The first-order valence-corrected chi connectivity index (χ1v) is 42.2. The summed E-state index contributed by atoms with van der Waals surface area (Å²) in [4.78, 5) is 72.8. The molecule has 0 aliphatic heterocycles. The third kappa shape index (κ3) is 70.3. The van der Waals surface area contributed by atoms with E-state index < -0.39 is 97.5 Å². The van der Waals surface area contributed by atoms with Gasteiger partial charge in [-0.05, 0) is 49.4 Å². The predicted octanol–water partition coefficient (Wildman–Crippen LogP) is 22.0. The molecule has 0 bridgehead atoms. The molecule has 0 heterocycles. The van der Waals surface area contributed by atoms with Gasteiger partial charge in [0.2, 0.25) is 0 Å². The third-order valence-corrected chi connectivity index (χ3v) is 19.5. The molecule has 0 saturated heterocycles. The van der Waals surface area contributed by atoms with Crippen LogP contribution in [0.4, 0.5) is 0 Å². The summed E-state index contributed by atoms with van der Waals surface area (Å²) in [5.41, 5.74) is 0. The van der Waals surface area contributed by atoms with Gasteiger partial charge >= 0.3 is 39.5 Å². The van der Waals surface area contributed by atoms with E-state index in [-0.39, 0.29) is 25.7 Å². The second kappa shape index (κ2) is 65.4. The molecule has 0 aromatic heterocycles. The average molecular weight is 1400 g/mol. The molecule has 3 N–H and O–H groups in total. The highest BCUT2D eigenvalue weighted by atomic mass is 31.2. The van der Waals surface area contributed by atoms with Gasteiger partial charge in [0.1, 0.15) is 19.3 Å². The maximum atomic E-state index is 13.1. The number of ether oxygens (including phenoxy) is 4. The van der Waals surface area contributed by atoms with Gasteiger partial charge in [0.05, 0.1) is 26.4 Å². The first-order valence-electron chi connectivity index (χ1n) is 39.2. The fourth-order valence-corrected chi connectivity index (χ4v) is 13.1. The van der Waals surface area contributed by atoms with E-state index in [9.17, 15) is 43.2 Å². The normalized spacial score (nSPS) is 14.1. The maximum Gasteiger partial charge on any atom is 0.472 e. The Labute approximate surface area is 581 Å². The highest BCUT2D eigenvalue weighted by molar-refractivity contribution is 7.47. The fourth-order valence-electron chi connectivity index (χ4n) is 11.6. The molecule has 5 atom stereocenters. The number of aliphatic hydroxyl groups excluding tert-OH is 1. The summed E-state index contributed by atoms with van der Waals surface area (Å²) < 4.78 is 68.5. The van der Waals surface area contributed by atoms with Crippen LogP contribution in [-0.2, 0) is 65.4 Å². The number of carbonyl (C=O) groups excluding carboxylic acids is 4. The van der Waals surface area contributed by atoms with Crippen LogP contribution in [0.25, 0.3) is 0 Å². The first kappa shape index (κ1) is 93.1. The number of hydrogen-bond acceptors (Lipinski definition) is 15. The molecular weight excluding hydrogens is 1250 g/mol. The van der Waals surface area contributed by atoms with Crippen LogP contribution in [0.2, 0.25) is 0 Å². The molecule has 0 aromatic carbocycles. The largest absolute Gasteiger partial charge is 0.472 e. The Morgan fingerprint density at radius 2 is 0.442 bits per heavy atom. The minimum absolute atomic E-state index is 0.104. The van der Waals surface area contributed by atoms with Crippen LogP contribution in [0, 0.1) is 23.7 Å². The summed E-state index contributed by atoms with van der Waals surface area (Å²) in [6, 6.07) is 0. The molecule has 0 aliphatic carbocycles. The predicted molar refractivity (Wildman–Crippen MR) is 386 cm³/mol. The van der Waals surface area contributed by atoms with Gasteiger partial charge < -0.3 is 33.8 Å². The lowest BCUT2D eigenvalue weighted by Gasteiger charge is -2.21. The van der Waals surface area contributed by atoms with Crippen LogP contribution in [-0.4, -0.2) is 96.7 Å². The van der Waals surface area contributed by atoms with E-state index >= 15 is 0 Å². The van der Waals surface area contributed by atoms with Crippen molar-refractivity contribution in [1.29, 1.82) is 0 Å². The van der Waals surface area contributed by atoms with Gasteiger partial charge in [0.25, 0.3) is 0 Å². The van der Waals surface area contributed by atoms with Crippen molar-refractivity contribution in [2.75, 3.05) is 39.6 Å². The second-order valence-corrected chi connectivity index (χ2v) is 32.2. The van der Waals surface area contributed by atoms with Gasteiger partial charge in [-0.1, -0.05) is 331 Å². The number of unbranched alkanes of at least 4 members (excludes halogenated alkanes) is 39. The number of phosphoric ester groups is 2. The van der Waals surface area contributed by atoms with E-state index in [0.717, 1.165) is 114 Å². The summed E-state index contributed by atoms with van der Waals surface area (Å²) in [7, 11) is -9.91. The van der Waals surface area contributed by atoms with Gasteiger partial charge in [0, 0.05) is 25.7 Å². The van der Waals surface area contributed by atoms with E-state index in [1.807, 2.05) is 0 Å². The number of hydrogen-bond donors (Lipinski definition) is 3. The molecule has 19 heteroatoms. The summed E-state index contributed by atoms with van der Waals surface area (Å²) in [6.07, 6.45) is 50.0. The lowest BCUT2D eigenvalue weighted by molar-refractivity contribution is -0.161. The smallest absolute Gasteiger partial charge is 0.462 e. The molecule has 3 unspecified atom stereocenters. The Morgan fingerprint density at radius 3 is 0.653 bits per heavy atom. The van der Waals surface area contributed by atoms with Gasteiger partial charge in [0.15, 0.2) is 12.2 Å². The molecule has 0 spiro atoms. The monoisotopic (exact) mass is 1400 g/mol. The third-order valence-electron chi connectivity index (χ3n) is 17.6. The molecule has 0 rings (SSSR count). The van der Waals surface area contributed by atoms with E-state index in [2.05, 4.69) is 55.4 Å². The Morgan fingerprint density at radius 1 is 0.263 bits per heavy atom. The second-order valence-electron chi connectivity index (χ2n) is 29.3. The van der Waals surface area contributed by atoms with E-state index in [4.69, 9.17) is 37.0 Å². The number of aliphatic hydroxyl groups is 1. The molecule has 0 aliphatic rings. The summed E-state index contributed by atoms with van der Waals surface area (Å²) in [5, 5.41) is 10.6. The lowest BCUT2D eigenvalue weighted by atomic mass is 10.0. The van der Waals surface area contributed by atoms with Crippen LogP contribution < -0.4 is 0 Å². The Balaban J connectivity index is 5.24. The molecule has 17 nitrogen and oxygen atoms in total. The van der Waals surface area contributed by atoms with Crippen LogP contribution in [0.5, 0.6) is 0 Å². The van der Waals surface area contributed by atoms with Gasteiger partial charge in [-0.3, -0.25) is 37.3 Å². The molecule has 0 radical (unpaired) electrons. The van der Waals surface area contributed by atoms with E-state index in [1.54, 1.807) is 0 Å². The Kier molecular flexibility index (Phi) is 64.0. The van der Waals surface area contributed by atoms with Crippen LogP contribution >= 0.6 is 15.6 Å². The minimum atomic E-state index is -4.96. The van der Waals surface area contributed by atoms with Crippen LogP contribution in [0.1, 0.15) is 383 Å². The molecule has 0 aromatic rings. The molecule has 95 heavy (non-hydrogen) atoms. The molecule has 0 fully saturated rings. The van der Waals surface area contributed by atoms with Crippen molar-refractivity contribution >= 4 is 39.5 Å². The zero-order valence-corrected chi connectivity index (χ0v) is 64.1. The molecule has 564 valence electrons. The average Bonchev–Trinajstić information content (AvgIpc) is 1.29. The summed E-state index contributed by atoms with van der Waals surface area (Å²) in [6.45, 7) is 14.2. The van der Waals surface area contributed by atoms with Crippen molar-refractivity contribution in [2.24, 2.45) is 23.7 Å². The summed E-state index contributed by atoms with van der Waals surface area (Å²) in [5.74, 6) is 0.905. The topological polar surface area (TPSA) is 237 Å². The van der Waals surface area contributed by atoms with E-state index in [0.29, 0.717) is 25.7 Å². The van der Waals surface area contributed by atoms with Crippen LogP contribution in [0.15, 0.2) is 0 Å². The molecule has 0 saturated carbocycles. The van der Waals surface area contributed by atoms with E-state index in [1.165, 1.54) is 186 Å². The van der Waals surface area contributed by atoms with Crippen molar-refractivity contribution in [3.05, 3.63) is 0 Å². The van der Waals surface area contributed by atoms with Crippen molar-refractivity contribution in [3.63, 3.8) is 0 Å². The Hall–Kier alpha value is -1.94. The van der Waals surface area contributed by atoms with Crippen molar-refractivity contribution in [3.8, 4) is 0 Å². The highest BCUT2D eigenvalue weighted by Gasteiger charge is 2.30. The SMILES string of the molecule is CC(C)CCCCCCCCCCCCCCCCCC(=O)OC[C@H](COP(=O)(O)OCC(O)COP(=O)(O)OC[C@@H](COC(=O)CCCCCCCCCCC(C)C)OC(=O)CCCCCCCCCCC(C)C)OC(=O)CCCCCCCCCCCCCCC(C)C. The first-order chi connectivity index (χ1) is 45.6. The van der Waals surface area contributed by atoms with Gasteiger partial charge in [-0.15, -0.1) is 0 Å². The zero-order valence-electron chi connectivity index (χ0n) is 62.3. The van der Waals surface area contributed by atoms with Crippen molar-refractivity contribution in [2.45, 2.75) is 401 Å². The highest BCUT2D eigenvalue weighted by Crippen LogP contribution is 2.45. The quantitative estimate of drug-likeness (QED) is 0.0222. The van der Waals surface area contributed by atoms with Crippen LogP contribution in [0.3, 0.4) is 0 Å². The maximum absolute atomic E-state index is 13.1. The Bertz CT molecular complexity index is 1870. The lowest BCUT2D eigenvalue weighted by Crippen LogP contribution is -2.30. The molecular formula is C76H148O17P2. The number of rotatable bonds is 73. The molecule has 0 amide bonds. The fraction of sp³-hybridized carbons (Fsp3) is 0.947. The van der Waals surface area contributed by atoms with Gasteiger partial charge in [-0.2, -0.15) is 0 Å². The number of carbonyl (C=O) groups is 4. The van der Waals surface area contributed by atoms with Gasteiger partial charge in [-0.25, -0.2) is 9.13 Å².